The Hall–Kier alpha value is -3.15. The van der Waals surface area contributed by atoms with Gasteiger partial charge >= 0.3 is 0 Å². The molecule has 6 heteroatoms. The molecule has 0 saturated heterocycles. The Labute approximate surface area is 145 Å². The fourth-order valence-electron chi connectivity index (χ4n) is 2.60. The van der Waals surface area contributed by atoms with Crippen LogP contribution in [0.2, 0.25) is 0 Å². The highest BCUT2D eigenvalue weighted by Crippen LogP contribution is 2.14. The number of carbonyl (C=O) groups is 1. The molecule has 0 saturated carbocycles. The molecule has 1 N–H and O–H groups in total. The zero-order valence-corrected chi connectivity index (χ0v) is 14.2. The fraction of sp³-hybridized carbons (Fsp3) is 0.211. The molecule has 0 fully saturated rings. The van der Waals surface area contributed by atoms with E-state index in [2.05, 4.69) is 10.4 Å². The number of carbonyl (C=O) groups excluding carboxylic acids is 1. The SMILES string of the molecule is Cc1cc(C(=O)NCCn2nc(-c3ccccc3)ccc2=O)c(C)o1. The zero-order chi connectivity index (χ0) is 17.8. The second-order valence-electron chi connectivity index (χ2n) is 5.73. The Kier molecular flexibility index (Phi) is 4.79. The lowest BCUT2D eigenvalue weighted by atomic mass is 10.1. The van der Waals surface area contributed by atoms with Crippen molar-refractivity contribution in [2.75, 3.05) is 6.54 Å². The van der Waals surface area contributed by atoms with Gasteiger partial charge in [-0.25, -0.2) is 4.68 Å². The van der Waals surface area contributed by atoms with Gasteiger partial charge in [-0.2, -0.15) is 5.10 Å². The van der Waals surface area contributed by atoms with Crippen LogP contribution in [-0.4, -0.2) is 22.2 Å². The summed E-state index contributed by atoms with van der Waals surface area (Å²) in [5.41, 5.74) is 1.96. The molecule has 0 aliphatic carbocycles. The van der Waals surface area contributed by atoms with E-state index in [4.69, 9.17) is 4.42 Å². The molecule has 3 aromatic rings. The van der Waals surface area contributed by atoms with E-state index in [1.165, 1.54) is 10.7 Å². The molecule has 0 bridgehead atoms. The second kappa shape index (κ2) is 7.17. The zero-order valence-electron chi connectivity index (χ0n) is 14.2. The average Bonchev–Trinajstić information content (AvgIpc) is 2.95. The Balaban J connectivity index is 1.68. The number of nitrogens with zero attached hydrogens (tertiary/aromatic N) is 2. The van der Waals surface area contributed by atoms with E-state index in [-0.39, 0.29) is 11.5 Å². The lowest BCUT2D eigenvalue weighted by Crippen LogP contribution is -2.32. The number of benzene rings is 1. The van der Waals surface area contributed by atoms with E-state index in [0.29, 0.717) is 35.9 Å². The molecule has 2 heterocycles. The maximum Gasteiger partial charge on any atom is 0.266 e. The smallest absolute Gasteiger partial charge is 0.266 e. The van der Waals surface area contributed by atoms with Crippen molar-refractivity contribution in [1.29, 1.82) is 0 Å². The van der Waals surface area contributed by atoms with Crippen molar-refractivity contribution in [3.63, 3.8) is 0 Å². The van der Waals surface area contributed by atoms with Gasteiger partial charge < -0.3 is 9.73 Å². The van der Waals surface area contributed by atoms with E-state index in [1.807, 2.05) is 30.3 Å². The van der Waals surface area contributed by atoms with E-state index >= 15 is 0 Å². The van der Waals surface area contributed by atoms with Crippen LogP contribution >= 0.6 is 0 Å². The number of hydrogen-bond donors (Lipinski definition) is 1. The standard InChI is InChI=1S/C19H19N3O3/c1-13-12-16(14(2)25-13)19(24)20-10-11-22-18(23)9-8-17(21-22)15-6-4-3-5-7-15/h3-9,12H,10-11H2,1-2H3,(H,20,24). The van der Waals surface area contributed by atoms with Crippen LogP contribution in [0.15, 0.2) is 57.7 Å². The third kappa shape index (κ3) is 3.85. The number of furan rings is 1. The summed E-state index contributed by atoms with van der Waals surface area (Å²) in [4.78, 5) is 24.1. The van der Waals surface area contributed by atoms with Gasteiger partial charge in [0.25, 0.3) is 11.5 Å². The van der Waals surface area contributed by atoms with Crippen molar-refractivity contribution >= 4 is 5.91 Å². The Morgan fingerprint density at radius 1 is 1.16 bits per heavy atom. The first kappa shape index (κ1) is 16.7. The van der Waals surface area contributed by atoms with Crippen molar-refractivity contribution < 1.29 is 9.21 Å². The molecule has 0 aliphatic heterocycles. The number of rotatable bonds is 5. The van der Waals surface area contributed by atoms with Gasteiger partial charge in [-0.1, -0.05) is 30.3 Å². The molecule has 128 valence electrons. The van der Waals surface area contributed by atoms with E-state index in [0.717, 1.165) is 5.56 Å². The molecule has 0 unspecified atom stereocenters. The van der Waals surface area contributed by atoms with Gasteiger partial charge in [0.05, 0.1) is 17.8 Å². The molecule has 2 aromatic heterocycles. The Morgan fingerprint density at radius 2 is 1.92 bits per heavy atom. The average molecular weight is 337 g/mol. The molecule has 6 nitrogen and oxygen atoms in total. The van der Waals surface area contributed by atoms with Gasteiger partial charge in [0.2, 0.25) is 0 Å². The summed E-state index contributed by atoms with van der Waals surface area (Å²) in [6.45, 7) is 4.13. The second-order valence-corrected chi connectivity index (χ2v) is 5.73. The van der Waals surface area contributed by atoms with Crippen LogP contribution in [0.4, 0.5) is 0 Å². The predicted octanol–water partition coefficient (Wildman–Crippen LogP) is 2.55. The Bertz CT molecular complexity index is 942. The number of amides is 1. The molecule has 25 heavy (non-hydrogen) atoms. The van der Waals surface area contributed by atoms with E-state index < -0.39 is 0 Å². The van der Waals surface area contributed by atoms with Gasteiger partial charge in [0, 0.05) is 18.2 Å². The molecule has 1 aromatic carbocycles. The molecular weight excluding hydrogens is 318 g/mol. The highest BCUT2D eigenvalue weighted by molar-refractivity contribution is 5.95. The van der Waals surface area contributed by atoms with E-state index in [1.54, 1.807) is 26.0 Å². The number of aryl methyl sites for hydroxylation is 2. The van der Waals surface area contributed by atoms with Crippen molar-refractivity contribution in [2.45, 2.75) is 20.4 Å². The lowest BCUT2D eigenvalue weighted by Gasteiger charge is -2.08. The molecule has 3 rings (SSSR count). The first-order valence-electron chi connectivity index (χ1n) is 8.03. The molecule has 0 aliphatic rings. The van der Waals surface area contributed by atoms with E-state index in [9.17, 15) is 9.59 Å². The minimum absolute atomic E-state index is 0.204. The maximum absolute atomic E-state index is 12.2. The van der Waals surface area contributed by atoms with Gasteiger partial charge in [0.1, 0.15) is 11.5 Å². The van der Waals surface area contributed by atoms with Gasteiger partial charge in [-0.05, 0) is 26.0 Å². The summed E-state index contributed by atoms with van der Waals surface area (Å²) in [6, 6.07) is 14.5. The molecule has 0 atom stereocenters. The molecule has 1 amide bonds. The van der Waals surface area contributed by atoms with Crippen molar-refractivity contribution in [2.24, 2.45) is 0 Å². The van der Waals surface area contributed by atoms with Crippen LogP contribution in [0.25, 0.3) is 11.3 Å². The lowest BCUT2D eigenvalue weighted by molar-refractivity contribution is 0.0950. The van der Waals surface area contributed by atoms with Crippen LogP contribution in [0.3, 0.4) is 0 Å². The van der Waals surface area contributed by atoms with Crippen molar-refractivity contribution in [3.8, 4) is 11.3 Å². The fourth-order valence-corrected chi connectivity index (χ4v) is 2.60. The number of aromatic nitrogens is 2. The van der Waals surface area contributed by atoms with Crippen LogP contribution < -0.4 is 10.9 Å². The summed E-state index contributed by atoms with van der Waals surface area (Å²) < 4.78 is 6.71. The third-order valence-corrected chi connectivity index (χ3v) is 3.83. The highest BCUT2D eigenvalue weighted by atomic mass is 16.3. The van der Waals surface area contributed by atoms with Crippen LogP contribution in [0.5, 0.6) is 0 Å². The number of hydrogen-bond acceptors (Lipinski definition) is 4. The predicted molar refractivity (Wildman–Crippen MR) is 94.4 cm³/mol. The first-order valence-corrected chi connectivity index (χ1v) is 8.03. The summed E-state index contributed by atoms with van der Waals surface area (Å²) in [5.74, 6) is 1.05. The van der Waals surface area contributed by atoms with Gasteiger partial charge in [-0.3, -0.25) is 9.59 Å². The Morgan fingerprint density at radius 3 is 2.60 bits per heavy atom. The van der Waals surface area contributed by atoms with Crippen LogP contribution in [-0.2, 0) is 6.54 Å². The van der Waals surface area contributed by atoms with Crippen LogP contribution in [0.1, 0.15) is 21.9 Å². The van der Waals surface area contributed by atoms with Crippen molar-refractivity contribution in [1.82, 2.24) is 15.1 Å². The third-order valence-electron chi connectivity index (χ3n) is 3.83. The first-order chi connectivity index (χ1) is 12.0. The maximum atomic E-state index is 12.2. The highest BCUT2D eigenvalue weighted by Gasteiger charge is 2.13. The molecule has 0 radical (unpaired) electrons. The van der Waals surface area contributed by atoms with Gasteiger partial charge in [-0.15, -0.1) is 0 Å². The summed E-state index contributed by atoms with van der Waals surface area (Å²) in [7, 11) is 0. The normalized spacial score (nSPS) is 10.6. The quantitative estimate of drug-likeness (QED) is 0.776. The van der Waals surface area contributed by atoms with Crippen molar-refractivity contribution in [3.05, 3.63) is 76.0 Å². The summed E-state index contributed by atoms with van der Waals surface area (Å²) in [5, 5.41) is 7.16. The summed E-state index contributed by atoms with van der Waals surface area (Å²) >= 11 is 0. The minimum atomic E-state index is -0.221. The summed E-state index contributed by atoms with van der Waals surface area (Å²) in [6.07, 6.45) is 0. The minimum Gasteiger partial charge on any atom is -0.466 e. The molecular formula is C19H19N3O3. The monoisotopic (exact) mass is 337 g/mol. The number of nitrogens with one attached hydrogen (secondary N) is 1. The van der Waals surface area contributed by atoms with Crippen LogP contribution in [0, 0.1) is 13.8 Å². The topological polar surface area (TPSA) is 77.1 Å². The largest absolute Gasteiger partial charge is 0.466 e. The van der Waals surface area contributed by atoms with Gasteiger partial charge in [0.15, 0.2) is 0 Å². The molecule has 0 spiro atoms.